The first kappa shape index (κ1) is 13.6. The van der Waals surface area contributed by atoms with Crippen LogP contribution in [0.1, 0.15) is 16.1 Å². The third-order valence-electron chi connectivity index (χ3n) is 3.06. The fourth-order valence-corrected chi connectivity index (χ4v) is 2.24. The van der Waals surface area contributed by atoms with E-state index in [2.05, 4.69) is 20.9 Å². The van der Waals surface area contributed by atoms with E-state index in [-0.39, 0.29) is 11.5 Å². The molecular weight excluding hydrogens is 332 g/mol. The van der Waals surface area contributed by atoms with Crippen LogP contribution in [0.3, 0.4) is 0 Å². The number of furan rings is 1. The molecular formula is C16H11BrN2O2. The van der Waals surface area contributed by atoms with Crippen molar-refractivity contribution in [1.82, 2.24) is 4.98 Å². The molecule has 3 aromatic rings. The van der Waals surface area contributed by atoms with Crippen LogP contribution in [0.5, 0.6) is 0 Å². The van der Waals surface area contributed by atoms with Crippen molar-refractivity contribution in [2.24, 2.45) is 0 Å². The van der Waals surface area contributed by atoms with Crippen molar-refractivity contribution >= 4 is 27.4 Å². The number of carbonyl (C=O) groups excluding carboxylic acids is 1. The lowest BCUT2D eigenvalue weighted by molar-refractivity contribution is 0.101. The van der Waals surface area contributed by atoms with E-state index in [0.717, 1.165) is 10.0 Å². The summed E-state index contributed by atoms with van der Waals surface area (Å²) in [4.78, 5) is 16.2. The Morgan fingerprint density at radius 1 is 1.10 bits per heavy atom. The molecule has 3 rings (SSSR count). The summed E-state index contributed by atoms with van der Waals surface area (Å²) in [6, 6.07) is 12.7. The van der Waals surface area contributed by atoms with Crippen molar-refractivity contribution in [2.45, 2.75) is 0 Å². The molecule has 4 nitrogen and oxygen atoms in total. The number of rotatable bonds is 3. The molecule has 1 aromatic carbocycles. The van der Waals surface area contributed by atoms with Gasteiger partial charge in [-0.05, 0) is 30.3 Å². The minimum atomic E-state index is -0.252. The fraction of sp³-hybridized carbons (Fsp3) is 0. The Kier molecular flexibility index (Phi) is 3.58. The van der Waals surface area contributed by atoms with Gasteiger partial charge in [0.05, 0.1) is 17.4 Å². The van der Waals surface area contributed by atoms with Crippen molar-refractivity contribution in [1.29, 1.82) is 0 Å². The summed E-state index contributed by atoms with van der Waals surface area (Å²) in [5.41, 5.74) is 7.39. The summed E-state index contributed by atoms with van der Waals surface area (Å²) in [6.45, 7) is 0. The molecule has 2 heterocycles. The molecule has 0 saturated carbocycles. The largest absolute Gasteiger partial charge is 0.453 e. The zero-order valence-electron chi connectivity index (χ0n) is 10.9. The van der Waals surface area contributed by atoms with Crippen LogP contribution >= 0.6 is 15.9 Å². The van der Waals surface area contributed by atoms with Gasteiger partial charge in [-0.1, -0.05) is 28.1 Å². The first-order valence-electron chi connectivity index (χ1n) is 6.25. The summed E-state index contributed by atoms with van der Waals surface area (Å²) >= 11 is 3.38. The van der Waals surface area contributed by atoms with Crippen LogP contribution in [0.2, 0.25) is 0 Å². The molecule has 2 aromatic heterocycles. The Bertz CT molecular complexity index is 794. The van der Waals surface area contributed by atoms with Gasteiger partial charge >= 0.3 is 0 Å². The van der Waals surface area contributed by atoms with E-state index in [0.29, 0.717) is 17.0 Å². The Labute approximate surface area is 129 Å². The molecule has 0 amide bonds. The summed E-state index contributed by atoms with van der Waals surface area (Å²) in [7, 11) is 0. The number of aromatic nitrogens is 1. The maximum Gasteiger partial charge on any atom is 0.230 e. The van der Waals surface area contributed by atoms with E-state index in [9.17, 15) is 4.79 Å². The lowest BCUT2D eigenvalue weighted by Crippen LogP contribution is -2.04. The summed E-state index contributed by atoms with van der Waals surface area (Å²) < 4.78 is 6.62. The molecule has 0 saturated heterocycles. The van der Waals surface area contributed by atoms with Gasteiger partial charge in [-0.3, -0.25) is 9.78 Å². The number of ketones is 1. The molecule has 0 bridgehead atoms. The first-order valence-corrected chi connectivity index (χ1v) is 7.04. The lowest BCUT2D eigenvalue weighted by Gasteiger charge is -2.01. The lowest BCUT2D eigenvalue weighted by atomic mass is 10.1. The maximum atomic E-state index is 12.4. The Balaban J connectivity index is 1.93. The molecule has 5 heteroatoms. The van der Waals surface area contributed by atoms with E-state index in [1.54, 1.807) is 18.2 Å². The molecule has 0 aliphatic carbocycles. The average molecular weight is 343 g/mol. The quantitative estimate of drug-likeness (QED) is 0.732. The van der Waals surface area contributed by atoms with E-state index in [1.165, 1.54) is 12.4 Å². The van der Waals surface area contributed by atoms with Crippen LogP contribution in [0.25, 0.3) is 11.3 Å². The molecule has 104 valence electrons. The van der Waals surface area contributed by atoms with E-state index in [4.69, 9.17) is 10.2 Å². The summed E-state index contributed by atoms with van der Waals surface area (Å²) in [6.07, 6.45) is 2.98. The van der Waals surface area contributed by atoms with E-state index in [1.807, 2.05) is 24.3 Å². The zero-order chi connectivity index (χ0) is 14.8. The van der Waals surface area contributed by atoms with Crippen molar-refractivity contribution in [2.75, 3.05) is 5.73 Å². The smallest absolute Gasteiger partial charge is 0.230 e. The predicted molar refractivity (Wildman–Crippen MR) is 83.9 cm³/mol. The van der Waals surface area contributed by atoms with Gasteiger partial charge in [0.15, 0.2) is 5.76 Å². The fourth-order valence-electron chi connectivity index (χ4n) is 1.98. The zero-order valence-corrected chi connectivity index (χ0v) is 12.5. The van der Waals surface area contributed by atoms with Gasteiger partial charge in [0.1, 0.15) is 5.76 Å². The number of benzene rings is 1. The maximum absolute atomic E-state index is 12.4. The molecule has 21 heavy (non-hydrogen) atoms. The Morgan fingerprint density at radius 3 is 2.57 bits per heavy atom. The van der Waals surface area contributed by atoms with Crippen LogP contribution in [-0.4, -0.2) is 10.8 Å². The third-order valence-corrected chi connectivity index (χ3v) is 3.58. The van der Waals surface area contributed by atoms with Gasteiger partial charge in [0, 0.05) is 16.2 Å². The van der Waals surface area contributed by atoms with Crippen LogP contribution in [-0.2, 0) is 0 Å². The molecule has 0 aliphatic rings. The van der Waals surface area contributed by atoms with Crippen molar-refractivity contribution in [3.8, 4) is 11.3 Å². The monoisotopic (exact) mass is 342 g/mol. The number of nitrogens with two attached hydrogens (primary N) is 1. The number of pyridine rings is 1. The van der Waals surface area contributed by atoms with Gasteiger partial charge in [0.25, 0.3) is 0 Å². The molecule has 0 fully saturated rings. The predicted octanol–water partition coefficient (Wildman–Crippen LogP) is 3.92. The molecule has 0 spiro atoms. The second-order valence-corrected chi connectivity index (χ2v) is 5.38. The Hall–Kier alpha value is -2.40. The second kappa shape index (κ2) is 5.54. The molecule has 0 atom stereocenters. The number of nitrogens with zero attached hydrogens (tertiary/aromatic N) is 1. The molecule has 0 radical (unpaired) electrons. The minimum absolute atomic E-state index is 0.252. The van der Waals surface area contributed by atoms with Crippen molar-refractivity contribution in [3.63, 3.8) is 0 Å². The van der Waals surface area contributed by atoms with Crippen molar-refractivity contribution < 1.29 is 9.21 Å². The van der Waals surface area contributed by atoms with Crippen LogP contribution in [0, 0.1) is 0 Å². The van der Waals surface area contributed by atoms with Gasteiger partial charge in [-0.2, -0.15) is 0 Å². The highest BCUT2D eigenvalue weighted by atomic mass is 79.9. The number of nitrogen functional groups attached to an aromatic ring is 1. The summed E-state index contributed by atoms with van der Waals surface area (Å²) in [5, 5.41) is 0. The minimum Gasteiger partial charge on any atom is -0.453 e. The number of carbonyl (C=O) groups is 1. The van der Waals surface area contributed by atoms with Gasteiger partial charge in [0.2, 0.25) is 5.78 Å². The standard InChI is InChI=1S/C16H11BrN2O2/c17-11-3-1-10(2-4-11)14-5-6-15(21-14)16(20)12-7-8-19-9-13(12)18/h1-9H,18H2. The number of hydrogen-bond acceptors (Lipinski definition) is 4. The van der Waals surface area contributed by atoms with Crippen LogP contribution in [0.15, 0.2) is 63.7 Å². The van der Waals surface area contributed by atoms with Gasteiger partial charge in [-0.15, -0.1) is 0 Å². The second-order valence-electron chi connectivity index (χ2n) is 4.46. The van der Waals surface area contributed by atoms with Gasteiger partial charge < -0.3 is 10.2 Å². The number of hydrogen-bond donors (Lipinski definition) is 1. The van der Waals surface area contributed by atoms with Crippen LogP contribution < -0.4 is 5.73 Å². The summed E-state index contributed by atoms with van der Waals surface area (Å²) in [5.74, 6) is 0.641. The SMILES string of the molecule is Nc1cnccc1C(=O)c1ccc(-c2ccc(Br)cc2)o1. The highest BCUT2D eigenvalue weighted by Gasteiger charge is 2.16. The highest BCUT2D eigenvalue weighted by Crippen LogP contribution is 2.25. The molecule has 0 aliphatic heterocycles. The first-order chi connectivity index (χ1) is 10.1. The molecule has 0 unspecified atom stereocenters. The average Bonchev–Trinajstić information content (AvgIpc) is 2.98. The van der Waals surface area contributed by atoms with E-state index >= 15 is 0 Å². The number of halogens is 1. The van der Waals surface area contributed by atoms with Crippen LogP contribution in [0.4, 0.5) is 5.69 Å². The number of anilines is 1. The van der Waals surface area contributed by atoms with E-state index < -0.39 is 0 Å². The normalized spacial score (nSPS) is 10.5. The highest BCUT2D eigenvalue weighted by molar-refractivity contribution is 9.10. The third kappa shape index (κ3) is 2.73. The Morgan fingerprint density at radius 2 is 1.86 bits per heavy atom. The van der Waals surface area contributed by atoms with Crippen molar-refractivity contribution in [3.05, 3.63) is 70.7 Å². The van der Waals surface area contributed by atoms with Gasteiger partial charge in [-0.25, -0.2) is 0 Å². The molecule has 2 N–H and O–H groups in total. The topological polar surface area (TPSA) is 69.1 Å².